The number of amides is 1. The van der Waals surface area contributed by atoms with Crippen LogP contribution in [0, 0.1) is 0 Å². The normalized spacial score (nSPS) is 11.9. The number of nitrogens with one attached hydrogen (secondary N) is 1. The van der Waals surface area contributed by atoms with Crippen molar-refractivity contribution in [2.45, 2.75) is 11.7 Å². The Hall–Kier alpha value is -0.710. The van der Waals surface area contributed by atoms with E-state index in [1.165, 1.54) is 18.9 Å². The minimum absolute atomic E-state index is 0.122. The lowest BCUT2D eigenvalue weighted by atomic mass is 10.3. The van der Waals surface area contributed by atoms with Crippen LogP contribution in [0.3, 0.4) is 0 Å². The number of carbonyl (C=O) groups excluding carboxylic acids is 2. The van der Waals surface area contributed by atoms with Gasteiger partial charge in [0.2, 0.25) is 5.91 Å². The third-order valence-corrected chi connectivity index (χ3v) is 2.35. The monoisotopic (exact) mass is 191 g/mol. The van der Waals surface area contributed by atoms with Crippen LogP contribution in [0.1, 0.15) is 6.42 Å². The largest absolute Gasteiger partial charge is 0.469 e. The average molecular weight is 191 g/mol. The van der Waals surface area contributed by atoms with Gasteiger partial charge in [-0.15, -0.1) is 0 Å². The molecule has 1 amide bonds. The Kier molecular flexibility index (Phi) is 5.53. The number of ether oxygens (including phenoxy) is 1. The molecule has 0 unspecified atom stereocenters. The minimum atomic E-state index is -0.363. The summed E-state index contributed by atoms with van der Waals surface area (Å²) in [6.45, 7) is 0. The first-order valence-electron chi connectivity index (χ1n) is 3.47. The van der Waals surface area contributed by atoms with Crippen molar-refractivity contribution in [3.63, 3.8) is 0 Å². The predicted octanol–water partition coefficient (Wildman–Crippen LogP) is 0.0271. The van der Waals surface area contributed by atoms with Gasteiger partial charge in [-0.05, 0) is 6.26 Å². The lowest BCUT2D eigenvalue weighted by Crippen LogP contribution is -2.31. The van der Waals surface area contributed by atoms with Crippen LogP contribution in [-0.4, -0.2) is 37.5 Å². The molecule has 0 aliphatic rings. The number of hydrogen-bond donors (Lipinski definition) is 1. The minimum Gasteiger partial charge on any atom is -0.469 e. The van der Waals surface area contributed by atoms with Crippen LogP contribution >= 0.6 is 11.8 Å². The molecule has 1 atom stereocenters. The molecular weight excluding hydrogens is 178 g/mol. The van der Waals surface area contributed by atoms with Gasteiger partial charge < -0.3 is 10.1 Å². The van der Waals surface area contributed by atoms with Crippen LogP contribution in [0.15, 0.2) is 0 Å². The summed E-state index contributed by atoms with van der Waals surface area (Å²) in [5.74, 6) is -0.508. The molecule has 0 aliphatic heterocycles. The Morgan fingerprint density at radius 2 is 2.17 bits per heavy atom. The smallest absolute Gasteiger partial charge is 0.307 e. The Balaban J connectivity index is 3.99. The van der Waals surface area contributed by atoms with Gasteiger partial charge in [-0.3, -0.25) is 9.59 Å². The molecule has 0 heterocycles. The number of hydrogen-bond acceptors (Lipinski definition) is 4. The molecule has 0 saturated carbocycles. The Bertz CT molecular complexity index is 172. The van der Waals surface area contributed by atoms with Gasteiger partial charge in [0, 0.05) is 7.05 Å². The van der Waals surface area contributed by atoms with E-state index in [2.05, 4.69) is 10.1 Å². The van der Waals surface area contributed by atoms with E-state index in [-0.39, 0.29) is 23.5 Å². The molecule has 0 radical (unpaired) electrons. The number of carbonyl (C=O) groups is 2. The fraction of sp³-hybridized carbons (Fsp3) is 0.714. The molecule has 0 aromatic heterocycles. The van der Waals surface area contributed by atoms with Gasteiger partial charge in [-0.1, -0.05) is 0 Å². The van der Waals surface area contributed by atoms with Gasteiger partial charge in [0.05, 0.1) is 18.8 Å². The molecule has 0 saturated heterocycles. The van der Waals surface area contributed by atoms with E-state index >= 15 is 0 Å². The van der Waals surface area contributed by atoms with Gasteiger partial charge in [0.25, 0.3) is 0 Å². The van der Waals surface area contributed by atoms with Crippen LogP contribution in [0.25, 0.3) is 0 Å². The van der Waals surface area contributed by atoms with Crippen molar-refractivity contribution in [1.29, 1.82) is 0 Å². The molecule has 5 heteroatoms. The molecule has 0 bridgehead atoms. The average Bonchev–Trinajstić information content (AvgIpc) is 2.12. The maximum absolute atomic E-state index is 11.1. The molecule has 12 heavy (non-hydrogen) atoms. The van der Waals surface area contributed by atoms with E-state index in [0.717, 1.165) is 0 Å². The quantitative estimate of drug-likeness (QED) is 0.637. The van der Waals surface area contributed by atoms with E-state index in [1.807, 2.05) is 0 Å². The van der Waals surface area contributed by atoms with Crippen molar-refractivity contribution in [2.24, 2.45) is 0 Å². The third-order valence-electron chi connectivity index (χ3n) is 1.40. The zero-order valence-corrected chi connectivity index (χ0v) is 8.23. The predicted molar refractivity (Wildman–Crippen MR) is 48.0 cm³/mol. The van der Waals surface area contributed by atoms with E-state index in [4.69, 9.17) is 0 Å². The second-order valence-electron chi connectivity index (χ2n) is 2.12. The number of rotatable bonds is 4. The Labute approximate surface area is 76.0 Å². The van der Waals surface area contributed by atoms with Crippen molar-refractivity contribution >= 4 is 23.6 Å². The molecule has 0 aromatic carbocycles. The van der Waals surface area contributed by atoms with Crippen molar-refractivity contribution in [3.05, 3.63) is 0 Å². The summed E-state index contributed by atoms with van der Waals surface area (Å²) < 4.78 is 4.44. The van der Waals surface area contributed by atoms with Gasteiger partial charge >= 0.3 is 5.97 Å². The zero-order chi connectivity index (χ0) is 9.56. The summed E-state index contributed by atoms with van der Waals surface area (Å²) in [6, 6.07) is 0. The maximum atomic E-state index is 11.1. The summed E-state index contributed by atoms with van der Waals surface area (Å²) in [4.78, 5) is 21.8. The van der Waals surface area contributed by atoms with Crippen LogP contribution in [0.4, 0.5) is 0 Å². The summed E-state index contributed by atoms with van der Waals surface area (Å²) in [7, 11) is 2.85. The van der Waals surface area contributed by atoms with Crippen LogP contribution in [0.2, 0.25) is 0 Å². The lowest BCUT2D eigenvalue weighted by molar-refractivity contribution is -0.141. The van der Waals surface area contributed by atoms with Crippen LogP contribution in [0.5, 0.6) is 0 Å². The second-order valence-corrected chi connectivity index (χ2v) is 3.16. The zero-order valence-electron chi connectivity index (χ0n) is 7.42. The second kappa shape index (κ2) is 5.88. The van der Waals surface area contributed by atoms with Gasteiger partial charge in [0.15, 0.2) is 0 Å². The Morgan fingerprint density at radius 3 is 2.50 bits per heavy atom. The van der Waals surface area contributed by atoms with Crippen molar-refractivity contribution < 1.29 is 14.3 Å². The highest BCUT2D eigenvalue weighted by Crippen LogP contribution is 2.11. The highest BCUT2D eigenvalue weighted by atomic mass is 32.2. The van der Waals surface area contributed by atoms with Crippen molar-refractivity contribution in [3.8, 4) is 0 Å². The first kappa shape index (κ1) is 11.3. The highest BCUT2D eigenvalue weighted by molar-refractivity contribution is 7.99. The molecule has 0 aromatic rings. The third kappa shape index (κ3) is 3.61. The molecule has 70 valence electrons. The first-order valence-corrected chi connectivity index (χ1v) is 4.75. The summed E-state index contributed by atoms with van der Waals surface area (Å²) in [5.41, 5.74) is 0. The molecule has 0 fully saturated rings. The lowest BCUT2D eigenvalue weighted by Gasteiger charge is -2.10. The number of esters is 1. The van der Waals surface area contributed by atoms with E-state index in [9.17, 15) is 9.59 Å². The SMILES string of the molecule is CNC(=O)[C@H](CC(=O)OC)SC. The summed E-state index contributed by atoms with van der Waals surface area (Å²) >= 11 is 1.33. The van der Waals surface area contributed by atoms with Crippen LogP contribution in [-0.2, 0) is 14.3 Å². The van der Waals surface area contributed by atoms with E-state index in [1.54, 1.807) is 13.3 Å². The van der Waals surface area contributed by atoms with E-state index in [0.29, 0.717) is 0 Å². The Morgan fingerprint density at radius 1 is 1.58 bits per heavy atom. The van der Waals surface area contributed by atoms with Crippen molar-refractivity contribution in [2.75, 3.05) is 20.4 Å². The van der Waals surface area contributed by atoms with Gasteiger partial charge in [-0.25, -0.2) is 0 Å². The van der Waals surface area contributed by atoms with Crippen molar-refractivity contribution in [1.82, 2.24) is 5.32 Å². The fourth-order valence-electron chi connectivity index (χ4n) is 0.679. The highest BCUT2D eigenvalue weighted by Gasteiger charge is 2.19. The van der Waals surface area contributed by atoms with Crippen LogP contribution < -0.4 is 5.32 Å². The van der Waals surface area contributed by atoms with Gasteiger partial charge in [-0.2, -0.15) is 11.8 Å². The molecule has 4 nitrogen and oxygen atoms in total. The molecule has 0 spiro atoms. The molecule has 1 N–H and O–H groups in total. The topological polar surface area (TPSA) is 55.4 Å². The number of thioether (sulfide) groups is 1. The first-order chi connectivity index (χ1) is 5.65. The molecular formula is C7H13NO3S. The molecule has 0 aliphatic carbocycles. The standard InChI is InChI=1S/C7H13NO3S/c1-8-7(10)5(12-3)4-6(9)11-2/h5H,4H2,1-3H3,(H,8,10)/t5-/m0/s1. The fourth-order valence-corrected chi connectivity index (χ4v) is 1.31. The summed E-state index contributed by atoms with van der Waals surface area (Å²) in [5, 5.41) is 2.13. The van der Waals surface area contributed by atoms with Gasteiger partial charge in [0.1, 0.15) is 0 Å². The van der Waals surface area contributed by atoms with E-state index < -0.39 is 0 Å². The summed E-state index contributed by atoms with van der Waals surface area (Å²) in [6.07, 6.45) is 1.90. The number of methoxy groups -OCH3 is 1. The molecule has 0 rings (SSSR count). The maximum Gasteiger partial charge on any atom is 0.307 e.